The van der Waals surface area contributed by atoms with Gasteiger partial charge in [0.05, 0.1) is 12.2 Å². The first-order chi connectivity index (χ1) is 16.3. The van der Waals surface area contributed by atoms with Crippen molar-refractivity contribution in [1.82, 2.24) is 34.4 Å². The fourth-order valence-electron chi connectivity index (χ4n) is 4.92. The largest absolute Gasteiger partial charge is 0.328 e. The number of carbonyl (C=O) groups is 1. The molecule has 0 saturated heterocycles. The molecular formula is C25H25N7O. The average molecular weight is 440 g/mol. The number of carbonyl (C=O) groups excluding carboxylic acids is 1. The molecule has 166 valence electrons. The highest BCUT2D eigenvalue weighted by Crippen LogP contribution is 2.28. The zero-order chi connectivity index (χ0) is 22.2. The minimum absolute atomic E-state index is 0.0139. The maximum absolute atomic E-state index is 13.7. The molecule has 0 unspecified atom stereocenters. The Morgan fingerprint density at radius 1 is 0.909 bits per heavy atom. The third kappa shape index (κ3) is 3.51. The monoisotopic (exact) mass is 439 g/mol. The standard InChI is InChI=1S/C25H25N7O/c33-25(30-14-15-31-22(17-30)27-28-24(31)18-8-7-13-26-16-18)23-20-11-5-2-6-12-21(20)32(29-23)19-9-3-1-4-10-19/h1,3-4,7-10,13,16H,2,5-6,11-12,14-15,17H2. The van der Waals surface area contributed by atoms with E-state index in [0.29, 0.717) is 25.3 Å². The van der Waals surface area contributed by atoms with Gasteiger partial charge in [0.15, 0.2) is 17.3 Å². The van der Waals surface area contributed by atoms with Crippen molar-refractivity contribution in [3.8, 4) is 17.1 Å². The summed E-state index contributed by atoms with van der Waals surface area (Å²) in [5.74, 6) is 1.58. The van der Waals surface area contributed by atoms with E-state index in [-0.39, 0.29) is 5.91 Å². The van der Waals surface area contributed by atoms with E-state index in [2.05, 4.69) is 31.9 Å². The summed E-state index contributed by atoms with van der Waals surface area (Å²) in [5.41, 5.74) is 4.83. The van der Waals surface area contributed by atoms with Crippen molar-refractivity contribution in [1.29, 1.82) is 0 Å². The number of pyridine rings is 1. The number of hydrogen-bond acceptors (Lipinski definition) is 5. The molecule has 1 aliphatic heterocycles. The second kappa shape index (κ2) is 8.27. The van der Waals surface area contributed by atoms with Gasteiger partial charge < -0.3 is 9.47 Å². The molecule has 1 aromatic carbocycles. The highest BCUT2D eigenvalue weighted by molar-refractivity contribution is 5.94. The number of benzene rings is 1. The number of rotatable bonds is 3. The van der Waals surface area contributed by atoms with Crippen molar-refractivity contribution < 1.29 is 4.79 Å². The van der Waals surface area contributed by atoms with Crippen LogP contribution in [0.4, 0.5) is 0 Å². The molecule has 0 spiro atoms. The lowest BCUT2D eigenvalue weighted by Crippen LogP contribution is -2.39. The van der Waals surface area contributed by atoms with E-state index < -0.39 is 0 Å². The molecule has 0 atom stereocenters. The molecule has 0 saturated carbocycles. The Kier molecular flexibility index (Phi) is 4.97. The fourth-order valence-corrected chi connectivity index (χ4v) is 4.92. The van der Waals surface area contributed by atoms with E-state index in [9.17, 15) is 4.79 Å². The van der Waals surface area contributed by atoms with Crippen molar-refractivity contribution in [2.45, 2.75) is 45.2 Å². The highest BCUT2D eigenvalue weighted by atomic mass is 16.2. The van der Waals surface area contributed by atoms with Crippen LogP contribution < -0.4 is 0 Å². The summed E-state index contributed by atoms with van der Waals surface area (Å²) in [6, 6.07) is 14.0. The summed E-state index contributed by atoms with van der Waals surface area (Å²) in [4.78, 5) is 19.8. The molecule has 4 aromatic rings. The summed E-state index contributed by atoms with van der Waals surface area (Å²) in [5, 5.41) is 13.6. The lowest BCUT2D eigenvalue weighted by Gasteiger charge is -2.27. The summed E-state index contributed by atoms with van der Waals surface area (Å²) < 4.78 is 4.07. The second-order valence-electron chi connectivity index (χ2n) is 8.64. The molecule has 6 rings (SSSR count). The Morgan fingerprint density at radius 3 is 2.64 bits per heavy atom. The highest BCUT2D eigenvalue weighted by Gasteiger charge is 2.31. The van der Waals surface area contributed by atoms with Crippen LogP contribution in [0.1, 0.15) is 46.8 Å². The van der Waals surface area contributed by atoms with Crippen LogP contribution in [-0.4, -0.2) is 46.9 Å². The quantitative estimate of drug-likeness (QED) is 0.457. The average Bonchev–Trinajstić information content (AvgIpc) is 3.37. The number of aromatic nitrogens is 6. The second-order valence-corrected chi connectivity index (χ2v) is 8.64. The molecule has 0 bridgehead atoms. The number of fused-ring (bicyclic) bond motifs is 2. The van der Waals surface area contributed by atoms with Crippen molar-refractivity contribution >= 4 is 5.91 Å². The molecule has 2 aliphatic rings. The van der Waals surface area contributed by atoms with Crippen molar-refractivity contribution in [3.05, 3.63) is 77.6 Å². The minimum Gasteiger partial charge on any atom is -0.328 e. The van der Waals surface area contributed by atoms with Gasteiger partial charge >= 0.3 is 0 Å². The Hall–Kier alpha value is -3.81. The van der Waals surface area contributed by atoms with Gasteiger partial charge in [0, 0.05) is 42.3 Å². The topological polar surface area (TPSA) is 81.7 Å². The van der Waals surface area contributed by atoms with Crippen LogP contribution in [-0.2, 0) is 25.9 Å². The van der Waals surface area contributed by atoms with Crippen LogP contribution in [0.3, 0.4) is 0 Å². The number of nitrogens with zero attached hydrogens (tertiary/aromatic N) is 7. The van der Waals surface area contributed by atoms with Gasteiger partial charge in [0.2, 0.25) is 0 Å². The van der Waals surface area contributed by atoms with Gasteiger partial charge in [-0.15, -0.1) is 10.2 Å². The van der Waals surface area contributed by atoms with E-state index in [1.54, 1.807) is 12.4 Å². The van der Waals surface area contributed by atoms with E-state index in [4.69, 9.17) is 5.10 Å². The molecule has 1 aliphatic carbocycles. The smallest absolute Gasteiger partial charge is 0.275 e. The Bertz CT molecular complexity index is 1290. The number of para-hydroxylation sites is 1. The first-order valence-corrected chi connectivity index (χ1v) is 11.6. The first kappa shape index (κ1) is 19.8. The molecule has 0 fully saturated rings. The summed E-state index contributed by atoms with van der Waals surface area (Å²) >= 11 is 0. The molecule has 3 aromatic heterocycles. The number of amides is 1. The van der Waals surface area contributed by atoms with E-state index in [1.165, 1.54) is 12.1 Å². The molecule has 4 heterocycles. The van der Waals surface area contributed by atoms with Crippen molar-refractivity contribution in [2.75, 3.05) is 6.54 Å². The van der Waals surface area contributed by atoms with Gasteiger partial charge in [-0.2, -0.15) is 5.10 Å². The molecule has 1 amide bonds. The van der Waals surface area contributed by atoms with Gasteiger partial charge in [-0.1, -0.05) is 24.6 Å². The number of hydrogen-bond donors (Lipinski definition) is 0. The zero-order valence-corrected chi connectivity index (χ0v) is 18.4. The Balaban J connectivity index is 1.33. The van der Waals surface area contributed by atoms with Gasteiger partial charge in [-0.05, 0) is 49.9 Å². The normalized spacial score (nSPS) is 15.6. The van der Waals surface area contributed by atoms with Crippen LogP contribution in [0.2, 0.25) is 0 Å². The van der Waals surface area contributed by atoms with Crippen molar-refractivity contribution in [3.63, 3.8) is 0 Å². The van der Waals surface area contributed by atoms with Crippen LogP contribution in [0, 0.1) is 0 Å². The molecule has 8 heteroatoms. The molecule has 33 heavy (non-hydrogen) atoms. The lowest BCUT2D eigenvalue weighted by molar-refractivity contribution is 0.0700. The maximum atomic E-state index is 13.7. The molecular weight excluding hydrogens is 414 g/mol. The maximum Gasteiger partial charge on any atom is 0.275 e. The fraction of sp³-hybridized carbons (Fsp3) is 0.320. The van der Waals surface area contributed by atoms with Crippen LogP contribution in [0.5, 0.6) is 0 Å². The summed E-state index contributed by atoms with van der Waals surface area (Å²) in [6.45, 7) is 1.68. The molecule has 0 radical (unpaired) electrons. The van der Waals surface area contributed by atoms with Crippen LogP contribution in [0.15, 0.2) is 54.9 Å². The summed E-state index contributed by atoms with van der Waals surface area (Å²) in [6.07, 6.45) is 8.79. The third-order valence-corrected chi connectivity index (χ3v) is 6.59. The zero-order valence-electron chi connectivity index (χ0n) is 18.4. The van der Waals surface area contributed by atoms with Gasteiger partial charge in [0.25, 0.3) is 5.91 Å². The Morgan fingerprint density at radius 2 is 1.79 bits per heavy atom. The Labute approximate surface area is 191 Å². The van der Waals surface area contributed by atoms with Gasteiger partial charge in [-0.3, -0.25) is 9.78 Å². The molecule has 0 N–H and O–H groups in total. The predicted molar refractivity (Wildman–Crippen MR) is 123 cm³/mol. The molecule has 8 nitrogen and oxygen atoms in total. The van der Waals surface area contributed by atoms with E-state index in [1.807, 2.05) is 39.9 Å². The van der Waals surface area contributed by atoms with Gasteiger partial charge in [-0.25, -0.2) is 4.68 Å². The predicted octanol–water partition coefficient (Wildman–Crippen LogP) is 3.45. The van der Waals surface area contributed by atoms with Crippen LogP contribution >= 0.6 is 0 Å². The van der Waals surface area contributed by atoms with Gasteiger partial charge in [0.1, 0.15) is 0 Å². The van der Waals surface area contributed by atoms with E-state index >= 15 is 0 Å². The summed E-state index contributed by atoms with van der Waals surface area (Å²) in [7, 11) is 0. The first-order valence-electron chi connectivity index (χ1n) is 11.6. The van der Waals surface area contributed by atoms with Crippen molar-refractivity contribution in [2.24, 2.45) is 0 Å². The minimum atomic E-state index is -0.0139. The van der Waals surface area contributed by atoms with Crippen LogP contribution in [0.25, 0.3) is 17.1 Å². The SMILES string of the molecule is O=C(c1nn(-c2ccccc2)c2c1CCCCC2)N1CCn2c(nnc2-c2cccnc2)C1. The lowest BCUT2D eigenvalue weighted by atomic mass is 10.1. The third-order valence-electron chi connectivity index (χ3n) is 6.59. The van der Waals surface area contributed by atoms with E-state index in [0.717, 1.165) is 54.1 Å².